The summed E-state index contributed by atoms with van der Waals surface area (Å²) in [5.74, 6) is 0.219. The second-order valence-electron chi connectivity index (χ2n) is 9.23. The van der Waals surface area contributed by atoms with E-state index < -0.39 is 12.2 Å². The fourth-order valence-corrected chi connectivity index (χ4v) is 5.02. The Labute approximate surface area is 199 Å². The molecule has 0 aromatic heterocycles. The summed E-state index contributed by atoms with van der Waals surface area (Å²) in [6, 6.07) is 7.53. The van der Waals surface area contributed by atoms with E-state index >= 15 is 0 Å². The van der Waals surface area contributed by atoms with Crippen molar-refractivity contribution in [1.29, 1.82) is 0 Å². The number of hydrogen-bond donors (Lipinski definition) is 3. The Morgan fingerprint density at radius 1 is 0.469 bits per heavy atom. The summed E-state index contributed by atoms with van der Waals surface area (Å²) in [5, 5.41) is 33.8. The summed E-state index contributed by atoms with van der Waals surface area (Å²) in [6.45, 7) is 0. The Morgan fingerprint density at radius 3 is 1.19 bits per heavy atom. The SMILES string of the molecule is Bc1c(B)c(B)c(C(O)c2ccccc2C(O)c2c(B)c(B)c(B)c(O)c2B)c(B)c1B. The molecule has 0 bridgehead atoms. The molecule has 0 aliphatic rings. The van der Waals surface area contributed by atoms with E-state index in [1.54, 1.807) is 0 Å². The molecule has 3 N–H and O–H groups in total. The zero-order chi connectivity index (χ0) is 24.1. The van der Waals surface area contributed by atoms with Crippen LogP contribution in [0.3, 0.4) is 0 Å². The highest BCUT2D eigenvalue weighted by Gasteiger charge is 2.26. The van der Waals surface area contributed by atoms with Gasteiger partial charge in [-0.2, -0.15) is 0 Å². The third-order valence-electron chi connectivity index (χ3n) is 7.83. The average Bonchev–Trinajstić information content (AvgIpc) is 2.78. The summed E-state index contributed by atoms with van der Waals surface area (Å²) >= 11 is 0. The smallest absolute Gasteiger partial charge is 0.144 e. The maximum atomic E-state index is 11.6. The van der Waals surface area contributed by atoms with Crippen LogP contribution in [-0.4, -0.2) is 85.9 Å². The van der Waals surface area contributed by atoms with Gasteiger partial charge in [0.2, 0.25) is 0 Å². The molecular weight excluding hydrogens is 386 g/mol. The molecule has 12 heteroatoms. The van der Waals surface area contributed by atoms with Crippen molar-refractivity contribution in [3.8, 4) is 5.75 Å². The lowest BCUT2D eigenvalue weighted by Crippen LogP contribution is -2.56. The molecule has 2 atom stereocenters. The van der Waals surface area contributed by atoms with E-state index in [1.807, 2.05) is 55.7 Å². The highest BCUT2D eigenvalue weighted by Crippen LogP contribution is 2.29. The predicted octanol–water partition coefficient (Wildman–Crippen LogP) is -12.1. The van der Waals surface area contributed by atoms with Gasteiger partial charge in [-0.1, -0.05) is 51.6 Å². The summed E-state index contributed by atoms with van der Waals surface area (Å²) in [4.78, 5) is 0. The number of phenolic OH excluding ortho intramolecular Hbond substituents is 1. The number of phenols is 1. The minimum absolute atomic E-state index is 0.219. The third kappa shape index (κ3) is 3.82. The Morgan fingerprint density at radius 2 is 0.781 bits per heavy atom. The molecule has 0 aliphatic carbocycles. The molecule has 0 heterocycles. The maximum Gasteiger partial charge on any atom is 0.144 e. The van der Waals surface area contributed by atoms with Gasteiger partial charge in [0.25, 0.3) is 0 Å². The largest absolute Gasteiger partial charge is 0.509 e. The highest BCUT2D eigenvalue weighted by atomic mass is 16.3. The first-order valence-electron chi connectivity index (χ1n) is 11.2. The van der Waals surface area contributed by atoms with E-state index in [-0.39, 0.29) is 5.75 Å². The molecule has 0 radical (unpaired) electrons. The van der Waals surface area contributed by atoms with E-state index in [9.17, 15) is 15.3 Å². The summed E-state index contributed by atoms with van der Waals surface area (Å²) in [6.07, 6.45) is -1.82. The van der Waals surface area contributed by atoms with Gasteiger partial charge in [0, 0.05) is 0 Å². The molecule has 3 rings (SSSR count). The van der Waals surface area contributed by atoms with Crippen molar-refractivity contribution < 1.29 is 15.3 Å². The summed E-state index contributed by atoms with van der Waals surface area (Å²) in [7, 11) is 18.1. The summed E-state index contributed by atoms with van der Waals surface area (Å²) < 4.78 is 0. The quantitative estimate of drug-likeness (QED) is 0.373. The molecule has 3 aromatic rings. The van der Waals surface area contributed by atoms with Crippen LogP contribution < -0.4 is 49.2 Å². The normalized spacial score (nSPS) is 13.1. The van der Waals surface area contributed by atoms with Gasteiger partial charge in [0.05, 0.1) is 0 Å². The number of hydrogen-bond acceptors (Lipinski definition) is 3. The van der Waals surface area contributed by atoms with Crippen molar-refractivity contribution in [3.05, 3.63) is 46.5 Å². The van der Waals surface area contributed by atoms with Crippen LogP contribution in [0.2, 0.25) is 0 Å². The van der Waals surface area contributed by atoms with Crippen LogP contribution in [0.15, 0.2) is 24.3 Å². The highest BCUT2D eigenvalue weighted by molar-refractivity contribution is 6.67. The second kappa shape index (κ2) is 9.07. The van der Waals surface area contributed by atoms with Gasteiger partial charge in [0.15, 0.2) is 0 Å². The number of rotatable bonds is 4. The maximum absolute atomic E-state index is 11.6. The van der Waals surface area contributed by atoms with Gasteiger partial charge in [-0.15, -0.1) is 16.4 Å². The predicted molar refractivity (Wildman–Crippen MR) is 163 cm³/mol. The van der Waals surface area contributed by atoms with E-state index in [0.717, 1.165) is 32.9 Å². The van der Waals surface area contributed by atoms with Gasteiger partial charge in [-0.25, -0.2) is 0 Å². The van der Waals surface area contributed by atoms with Crippen molar-refractivity contribution in [2.75, 3.05) is 0 Å². The van der Waals surface area contributed by atoms with Crippen molar-refractivity contribution in [1.82, 2.24) is 0 Å². The van der Waals surface area contributed by atoms with Crippen LogP contribution in [0.1, 0.15) is 34.5 Å². The lowest BCUT2D eigenvalue weighted by Gasteiger charge is -2.28. The van der Waals surface area contributed by atoms with Crippen molar-refractivity contribution >= 4 is 120 Å². The molecule has 32 heavy (non-hydrogen) atoms. The molecule has 3 aromatic carbocycles. The number of aliphatic hydroxyl groups is 2. The molecule has 0 spiro atoms. The molecule has 2 unspecified atom stereocenters. The first-order valence-corrected chi connectivity index (χ1v) is 11.2. The molecule has 152 valence electrons. The standard InChI is InChI=1S/C20H27B9O3/c21-9-7(10(22)14(26)16(28)13(9)25)18(30)5-3-1-2-4-6(5)19(31)8-11(23)15(27)17(29)20(32)12(8)24/h1-4,18-19,30-32H,21-29H2. The van der Waals surface area contributed by atoms with Crippen LogP contribution in [0.5, 0.6) is 5.75 Å². The second-order valence-corrected chi connectivity index (χ2v) is 9.23. The van der Waals surface area contributed by atoms with Crippen LogP contribution in [0.25, 0.3) is 0 Å². The number of aliphatic hydroxyl groups excluding tert-OH is 2. The average molecular weight is 413 g/mol. The minimum Gasteiger partial charge on any atom is -0.509 e. The third-order valence-corrected chi connectivity index (χ3v) is 7.83. The monoisotopic (exact) mass is 414 g/mol. The first kappa shape index (κ1) is 24.6. The van der Waals surface area contributed by atoms with Crippen molar-refractivity contribution in [3.63, 3.8) is 0 Å². The van der Waals surface area contributed by atoms with Crippen LogP contribution in [0.4, 0.5) is 0 Å². The minimum atomic E-state index is -0.959. The Kier molecular flexibility index (Phi) is 6.98. The Hall–Kier alpha value is -2.04. The van der Waals surface area contributed by atoms with Crippen LogP contribution >= 0.6 is 0 Å². The fraction of sp³-hybridized carbons (Fsp3) is 0.100. The molecular formula is C20H27B9O3. The molecule has 0 aliphatic heterocycles. The lowest BCUT2D eigenvalue weighted by atomic mass is 9.59. The van der Waals surface area contributed by atoms with Gasteiger partial charge >= 0.3 is 0 Å². The van der Waals surface area contributed by atoms with Crippen molar-refractivity contribution in [2.24, 2.45) is 0 Å². The van der Waals surface area contributed by atoms with Crippen LogP contribution in [0, 0.1) is 0 Å². The first-order chi connectivity index (χ1) is 14.9. The Bertz CT molecular complexity index is 1080. The Balaban J connectivity index is 2.23. The lowest BCUT2D eigenvalue weighted by molar-refractivity contribution is 0.199. The van der Waals surface area contributed by atoms with Gasteiger partial charge in [-0.05, 0) is 27.7 Å². The molecule has 3 nitrogen and oxygen atoms in total. The molecule has 0 amide bonds. The van der Waals surface area contributed by atoms with Gasteiger partial charge in [-0.3, -0.25) is 0 Å². The van der Waals surface area contributed by atoms with Crippen LogP contribution in [-0.2, 0) is 0 Å². The molecule has 0 saturated carbocycles. The van der Waals surface area contributed by atoms with E-state index in [2.05, 4.69) is 39.2 Å². The van der Waals surface area contributed by atoms with E-state index in [4.69, 9.17) is 0 Å². The van der Waals surface area contributed by atoms with E-state index in [1.165, 1.54) is 16.4 Å². The van der Waals surface area contributed by atoms with Crippen molar-refractivity contribution in [2.45, 2.75) is 12.2 Å². The zero-order valence-electron chi connectivity index (χ0n) is 20.8. The zero-order valence-corrected chi connectivity index (χ0v) is 20.8. The summed E-state index contributed by atoms with van der Waals surface area (Å²) in [5.41, 5.74) is 12.2. The molecule has 0 fully saturated rings. The topological polar surface area (TPSA) is 60.7 Å². The number of aromatic hydroxyl groups is 1. The fourth-order valence-electron chi connectivity index (χ4n) is 5.02. The van der Waals surface area contributed by atoms with Gasteiger partial charge < -0.3 is 15.3 Å². The van der Waals surface area contributed by atoms with E-state index in [0.29, 0.717) is 22.2 Å². The molecule has 0 saturated heterocycles. The van der Waals surface area contributed by atoms with Gasteiger partial charge in [0.1, 0.15) is 88.6 Å². The number of benzene rings is 3.